The molecule has 2 amide bonds. The van der Waals surface area contributed by atoms with Crippen molar-refractivity contribution < 1.29 is 9.59 Å². The average molecular weight is 267 g/mol. The number of amides is 2. The highest BCUT2D eigenvalue weighted by molar-refractivity contribution is 5.85. The lowest BCUT2D eigenvalue weighted by Crippen LogP contribution is -2.46. The molecule has 0 atom stereocenters. The smallest absolute Gasteiger partial charge is 0.242 e. The monoisotopic (exact) mass is 267 g/mol. The minimum Gasteiger partial charge on any atom is -0.341 e. The fraction of sp³-hybridized carbons (Fsp3) is 0.857. The van der Waals surface area contributed by atoms with E-state index in [9.17, 15) is 9.59 Å². The zero-order valence-electron chi connectivity index (χ0n) is 12.0. The molecule has 108 valence electrons. The number of likely N-dealkylation sites (tertiary alicyclic amines) is 1. The van der Waals surface area contributed by atoms with Crippen molar-refractivity contribution in [1.82, 2.24) is 15.1 Å². The van der Waals surface area contributed by atoms with Gasteiger partial charge in [0.2, 0.25) is 11.8 Å². The molecule has 0 aromatic carbocycles. The summed E-state index contributed by atoms with van der Waals surface area (Å²) in [5, 5.41) is 3.30. The first kappa shape index (κ1) is 14.3. The first-order valence-corrected chi connectivity index (χ1v) is 7.32. The molecule has 1 saturated carbocycles. The zero-order chi connectivity index (χ0) is 13.8. The van der Waals surface area contributed by atoms with E-state index in [1.165, 1.54) is 0 Å². The van der Waals surface area contributed by atoms with E-state index in [1.807, 2.05) is 19.0 Å². The molecule has 1 aliphatic heterocycles. The highest BCUT2D eigenvalue weighted by Gasteiger charge is 2.28. The van der Waals surface area contributed by atoms with E-state index in [0.29, 0.717) is 18.5 Å². The third-order valence-electron chi connectivity index (χ3n) is 4.54. The van der Waals surface area contributed by atoms with Gasteiger partial charge < -0.3 is 15.1 Å². The van der Waals surface area contributed by atoms with E-state index in [1.54, 1.807) is 4.90 Å². The molecule has 5 heteroatoms. The summed E-state index contributed by atoms with van der Waals surface area (Å²) in [4.78, 5) is 27.3. The minimum absolute atomic E-state index is 0.0863. The normalized spacial score (nSPS) is 27.7. The summed E-state index contributed by atoms with van der Waals surface area (Å²) in [7, 11) is 3.88. The molecule has 0 radical (unpaired) electrons. The van der Waals surface area contributed by atoms with Gasteiger partial charge in [0.25, 0.3) is 0 Å². The minimum atomic E-state index is 0.0863. The standard InChI is InChI=1S/C14H25N3O2/c1-15-11-5-7-12(8-6-11)16(2)14(19)10-17-9-3-4-13(17)18/h11-12,15H,3-10H2,1-2H3. The molecule has 0 aromatic heterocycles. The van der Waals surface area contributed by atoms with Crippen LogP contribution in [0.2, 0.25) is 0 Å². The van der Waals surface area contributed by atoms with Crippen molar-refractivity contribution in [2.45, 2.75) is 50.6 Å². The van der Waals surface area contributed by atoms with Crippen molar-refractivity contribution in [2.75, 3.05) is 27.2 Å². The number of hydrogen-bond acceptors (Lipinski definition) is 3. The molecule has 2 fully saturated rings. The Morgan fingerprint density at radius 3 is 2.58 bits per heavy atom. The molecule has 5 nitrogen and oxygen atoms in total. The summed E-state index contributed by atoms with van der Waals surface area (Å²) in [6.07, 6.45) is 5.86. The Morgan fingerprint density at radius 2 is 2.05 bits per heavy atom. The molecule has 0 spiro atoms. The fourth-order valence-corrected chi connectivity index (χ4v) is 3.10. The van der Waals surface area contributed by atoms with Crippen LogP contribution in [0.4, 0.5) is 0 Å². The lowest BCUT2D eigenvalue weighted by Gasteiger charge is -2.35. The average Bonchev–Trinajstić information content (AvgIpc) is 2.83. The molecule has 0 aromatic rings. The maximum absolute atomic E-state index is 12.2. The van der Waals surface area contributed by atoms with E-state index >= 15 is 0 Å². The predicted molar refractivity (Wildman–Crippen MR) is 73.7 cm³/mol. The Labute approximate surface area is 115 Å². The largest absolute Gasteiger partial charge is 0.341 e. The molecular weight excluding hydrogens is 242 g/mol. The summed E-state index contributed by atoms with van der Waals surface area (Å²) in [6.45, 7) is 1.01. The lowest BCUT2D eigenvalue weighted by molar-refractivity contribution is -0.139. The van der Waals surface area contributed by atoms with Gasteiger partial charge in [-0.3, -0.25) is 9.59 Å². The van der Waals surface area contributed by atoms with Gasteiger partial charge in [-0.05, 0) is 39.2 Å². The second-order valence-electron chi connectivity index (χ2n) is 5.72. The third-order valence-corrected chi connectivity index (χ3v) is 4.54. The van der Waals surface area contributed by atoms with Gasteiger partial charge in [0.1, 0.15) is 0 Å². The van der Waals surface area contributed by atoms with E-state index in [2.05, 4.69) is 5.32 Å². The van der Waals surface area contributed by atoms with Crippen LogP contribution in [0.3, 0.4) is 0 Å². The molecular formula is C14H25N3O2. The van der Waals surface area contributed by atoms with Crippen LogP contribution in [-0.2, 0) is 9.59 Å². The van der Waals surface area contributed by atoms with E-state index in [-0.39, 0.29) is 18.4 Å². The Balaban J connectivity index is 1.80. The van der Waals surface area contributed by atoms with Crippen molar-refractivity contribution in [2.24, 2.45) is 0 Å². The van der Waals surface area contributed by atoms with Gasteiger partial charge in [-0.2, -0.15) is 0 Å². The summed E-state index contributed by atoms with van der Waals surface area (Å²) in [6, 6.07) is 0.940. The van der Waals surface area contributed by atoms with Crippen molar-refractivity contribution >= 4 is 11.8 Å². The molecule has 1 heterocycles. The summed E-state index contributed by atoms with van der Waals surface area (Å²) in [5.74, 6) is 0.212. The van der Waals surface area contributed by atoms with E-state index in [4.69, 9.17) is 0 Å². The van der Waals surface area contributed by atoms with Crippen molar-refractivity contribution in [3.8, 4) is 0 Å². The van der Waals surface area contributed by atoms with Crippen molar-refractivity contribution in [1.29, 1.82) is 0 Å². The van der Waals surface area contributed by atoms with E-state index in [0.717, 1.165) is 38.6 Å². The second-order valence-corrected chi connectivity index (χ2v) is 5.72. The number of likely N-dealkylation sites (N-methyl/N-ethyl adjacent to an activating group) is 1. The van der Waals surface area contributed by atoms with Crippen molar-refractivity contribution in [3.63, 3.8) is 0 Å². The second kappa shape index (κ2) is 6.37. The maximum atomic E-state index is 12.2. The predicted octanol–water partition coefficient (Wildman–Crippen LogP) is 0.598. The van der Waals surface area contributed by atoms with Gasteiger partial charge in [-0.1, -0.05) is 0 Å². The van der Waals surface area contributed by atoms with Gasteiger partial charge in [0.05, 0.1) is 6.54 Å². The van der Waals surface area contributed by atoms with Gasteiger partial charge >= 0.3 is 0 Å². The van der Waals surface area contributed by atoms with E-state index < -0.39 is 0 Å². The molecule has 1 saturated heterocycles. The maximum Gasteiger partial charge on any atom is 0.242 e. The zero-order valence-corrected chi connectivity index (χ0v) is 12.0. The van der Waals surface area contributed by atoms with Gasteiger partial charge in [0.15, 0.2) is 0 Å². The van der Waals surface area contributed by atoms with Crippen molar-refractivity contribution in [3.05, 3.63) is 0 Å². The van der Waals surface area contributed by atoms with Crippen LogP contribution in [-0.4, -0.2) is 60.9 Å². The Kier molecular flexibility index (Phi) is 4.80. The Bertz CT molecular complexity index is 338. The molecule has 2 rings (SSSR count). The summed E-state index contributed by atoms with van der Waals surface area (Å²) in [5.41, 5.74) is 0. The molecule has 0 unspecified atom stereocenters. The first-order chi connectivity index (χ1) is 9.11. The molecule has 19 heavy (non-hydrogen) atoms. The number of rotatable bonds is 4. The third kappa shape index (κ3) is 3.47. The van der Waals surface area contributed by atoms with Gasteiger partial charge in [-0.15, -0.1) is 0 Å². The lowest BCUT2D eigenvalue weighted by atomic mass is 9.90. The van der Waals surface area contributed by atoms with Crippen LogP contribution in [0.25, 0.3) is 0 Å². The molecule has 0 bridgehead atoms. The number of carbonyl (C=O) groups is 2. The number of hydrogen-bond donors (Lipinski definition) is 1. The van der Waals surface area contributed by atoms with Crippen LogP contribution >= 0.6 is 0 Å². The van der Waals surface area contributed by atoms with Crippen LogP contribution in [0, 0.1) is 0 Å². The molecule has 1 aliphatic carbocycles. The number of nitrogens with zero attached hydrogens (tertiary/aromatic N) is 2. The number of carbonyl (C=O) groups excluding carboxylic acids is 2. The molecule has 1 N–H and O–H groups in total. The quantitative estimate of drug-likeness (QED) is 0.811. The fourth-order valence-electron chi connectivity index (χ4n) is 3.10. The number of nitrogens with one attached hydrogen (secondary N) is 1. The topological polar surface area (TPSA) is 52.7 Å². The van der Waals surface area contributed by atoms with Crippen LogP contribution in [0.5, 0.6) is 0 Å². The summed E-state index contributed by atoms with van der Waals surface area (Å²) < 4.78 is 0. The van der Waals surface area contributed by atoms with Crippen LogP contribution in [0.1, 0.15) is 38.5 Å². The Hall–Kier alpha value is -1.10. The highest BCUT2D eigenvalue weighted by Crippen LogP contribution is 2.22. The Morgan fingerprint density at radius 1 is 1.37 bits per heavy atom. The summed E-state index contributed by atoms with van der Waals surface area (Å²) >= 11 is 0. The van der Waals surface area contributed by atoms with Gasteiger partial charge in [-0.25, -0.2) is 0 Å². The SMILES string of the molecule is CNC1CCC(N(C)C(=O)CN2CCCC2=O)CC1. The van der Waals surface area contributed by atoms with Crippen LogP contribution < -0.4 is 5.32 Å². The molecule has 2 aliphatic rings. The van der Waals surface area contributed by atoms with Crippen LogP contribution in [0.15, 0.2) is 0 Å². The van der Waals surface area contributed by atoms with Gasteiger partial charge in [0, 0.05) is 32.1 Å². The highest BCUT2D eigenvalue weighted by atomic mass is 16.2. The first-order valence-electron chi connectivity index (χ1n) is 7.32.